The van der Waals surface area contributed by atoms with E-state index >= 15 is 0 Å². The van der Waals surface area contributed by atoms with E-state index < -0.39 is 6.67 Å². The van der Waals surface area contributed by atoms with Gasteiger partial charge in [-0.2, -0.15) is 10.1 Å². The van der Waals surface area contributed by atoms with Crippen molar-refractivity contribution in [3.05, 3.63) is 18.3 Å². The van der Waals surface area contributed by atoms with E-state index in [-0.39, 0.29) is 24.4 Å². The Morgan fingerprint density at radius 3 is 2.96 bits per heavy atom. The van der Waals surface area contributed by atoms with Gasteiger partial charge in [-0.3, -0.25) is 9.48 Å². The molecular formula is C17H22FN5O2. The first-order valence-electron chi connectivity index (χ1n) is 8.98. The van der Waals surface area contributed by atoms with Crippen molar-refractivity contribution in [2.75, 3.05) is 13.2 Å². The second kappa shape index (κ2) is 6.93. The number of halogens is 1. The van der Waals surface area contributed by atoms with Gasteiger partial charge in [0.25, 0.3) is 0 Å². The van der Waals surface area contributed by atoms with Gasteiger partial charge >= 0.3 is 0 Å². The molecule has 3 heterocycles. The summed E-state index contributed by atoms with van der Waals surface area (Å²) in [5.41, 5.74) is 0.716. The molecule has 4 rings (SSSR count). The molecule has 1 aliphatic heterocycles. The minimum absolute atomic E-state index is 0.0953. The molecule has 0 N–H and O–H groups in total. The highest BCUT2D eigenvalue weighted by Crippen LogP contribution is 2.37. The fraction of sp³-hybridized carbons (Fsp3) is 0.647. The van der Waals surface area contributed by atoms with Gasteiger partial charge in [0.1, 0.15) is 6.67 Å². The molecule has 0 aromatic carbocycles. The number of likely N-dealkylation sites (tertiary alicyclic amines) is 1. The molecule has 134 valence electrons. The number of alkyl halides is 1. The lowest BCUT2D eigenvalue weighted by Crippen LogP contribution is -2.42. The average molecular weight is 347 g/mol. The van der Waals surface area contributed by atoms with E-state index in [1.54, 1.807) is 12.4 Å². The SMILES string of the molecule is O=C1CCCN1[C@H]1CCCC[C@H]1c1nc(-c2cnn(CCF)c2)no1. The molecule has 1 amide bonds. The molecule has 0 bridgehead atoms. The first-order valence-corrected chi connectivity index (χ1v) is 8.98. The van der Waals surface area contributed by atoms with Crippen molar-refractivity contribution in [1.29, 1.82) is 0 Å². The molecule has 2 aliphatic rings. The molecule has 8 heteroatoms. The second-order valence-corrected chi connectivity index (χ2v) is 6.79. The van der Waals surface area contributed by atoms with Crippen molar-refractivity contribution in [2.45, 2.75) is 57.0 Å². The Balaban J connectivity index is 1.55. The summed E-state index contributed by atoms with van der Waals surface area (Å²) in [5, 5.41) is 8.17. The van der Waals surface area contributed by atoms with Crippen LogP contribution in [0.2, 0.25) is 0 Å². The van der Waals surface area contributed by atoms with E-state index in [1.807, 2.05) is 4.90 Å². The fourth-order valence-corrected chi connectivity index (χ4v) is 3.98. The molecule has 2 atom stereocenters. The third-order valence-electron chi connectivity index (χ3n) is 5.20. The van der Waals surface area contributed by atoms with Gasteiger partial charge in [-0.1, -0.05) is 18.0 Å². The molecule has 2 aromatic rings. The number of aromatic nitrogens is 4. The number of rotatable bonds is 5. The topological polar surface area (TPSA) is 77.1 Å². The molecule has 7 nitrogen and oxygen atoms in total. The van der Waals surface area contributed by atoms with Crippen LogP contribution in [-0.2, 0) is 11.3 Å². The van der Waals surface area contributed by atoms with Crippen LogP contribution in [0.15, 0.2) is 16.9 Å². The predicted octanol–water partition coefficient (Wildman–Crippen LogP) is 2.55. The van der Waals surface area contributed by atoms with Gasteiger partial charge in [0.15, 0.2) is 0 Å². The highest BCUT2D eigenvalue weighted by molar-refractivity contribution is 5.78. The first kappa shape index (κ1) is 16.2. The van der Waals surface area contributed by atoms with Gasteiger partial charge in [-0.25, -0.2) is 4.39 Å². The summed E-state index contributed by atoms with van der Waals surface area (Å²) in [4.78, 5) is 18.7. The van der Waals surface area contributed by atoms with Crippen LogP contribution in [0.4, 0.5) is 4.39 Å². The van der Waals surface area contributed by atoms with E-state index in [4.69, 9.17) is 4.52 Å². The van der Waals surface area contributed by atoms with Gasteiger partial charge in [-0.05, 0) is 19.3 Å². The van der Waals surface area contributed by atoms with Crippen LogP contribution in [0.25, 0.3) is 11.4 Å². The van der Waals surface area contributed by atoms with E-state index in [9.17, 15) is 9.18 Å². The molecule has 1 saturated heterocycles. The van der Waals surface area contributed by atoms with Crippen LogP contribution < -0.4 is 0 Å². The third kappa shape index (κ3) is 3.17. The number of aryl methyl sites for hydroxylation is 1. The number of hydrogen-bond donors (Lipinski definition) is 0. The summed E-state index contributed by atoms with van der Waals surface area (Å²) in [5.74, 6) is 1.40. The maximum atomic E-state index is 12.4. The molecule has 2 aromatic heterocycles. The summed E-state index contributed by atoms with van der Waals surface area (Å²) in [7, 11) is 0. The maximum absolute atomic E-state index is 12.4. The van der Waals surface area contributed by atoms with E-state index in [0.717, 1.165) is 38.6 Å². The van der Waals surface area contributed by atoms with Gasteiger partial charge in [-0.15, -0.1) is 0 Å². The summed E-state index contributed by atoms with van der Waals surface area (Å²) in [6.07, 6.45) is 9.09. The predicted molar refractivity (Wildman–Crippen MR) is 87.4 cm³/mol. The van der Waals surface area contributed by atoms with Crippen molar-refractivity contribution < 1.29 is 13.7 Å². The Labute approximate surface area is 145 Å². The Bertz CT molecular complexity index is 743. The Morgan fingerprint density at radius 1 is 1.28 bits per heavy atom. The summed E-state index contributed by atoms with van der Waals surface area (Å²) >= 11 is 0. The van der Waals surface area contributed by atoms with Crippen molar-refractivity contribution in [3.8, 4) is 11.4 Å². The Hall–Kier alpha value is -2.25. The third-order valence-corrected chi connectivity index (χ3v) is 5.20. The molecule has 2 fully saturated rings. The lowest BCUT2D eigenvalue weighted by atomic mass is 9.83. The quantitative estimate of drug-likeness (QED) is 0.831. The van der Waals surface area contributed by atoms with Crippen LogP contribution in [-0.4, -0.2) is 50.0 Å². The zero-order valence-electron chi connectivity index (χ0n) is 14.1. The standard InChI is InChI=1S/C17H22FN5O2/c18-7-9-22-11-12(10-19-22)16-20-17(25-21-16)13-4-1-2-5-14(13)23-8-3-6-15(23)24/h10-11,13-14H,1-9H2/t13-,14+/m1/s1. The number of carbonyl (C=O) groups is 1. The zero-order chi connectivity index (χ0) is 17.2. The fourth-order valence-electron chi connectivity index (χ4n) is 3.98. The molecular weight excluding hydrogens is 325 g/mol. The lowest BCUT2D eigenvalue weighted by molar-refractivity contribution is -0.130. The smallest absolute Gasteiger partial charge is 0.232 e. The minimum Gasteiger partial charge on any atom is -0.339 e. The molecule has 0 radical (unpaired) electrons. The lowest BCUT2D eigenvalue weighted by Gasteiger charge is -2.36. The largest absolute Gasteiger partial charge is 0.339 e. The number of nitrogens with zero attached hydrogens (tertiary/aromatic N) is 5. The van der Waals surface area contributed by atoms with E-state index in [0.29, 0.717) is 23.7 Å². The molecule has 0 spiro atoms. The number of hydrogen-bond acceptors (Lipinski definition) is 5. The normalized spacial score (nSPS) is 24.2. The van der Waals surface area contributed by atoms with Crippen LogP contribution in [0.1, 0.15) is 50.3 Å². The van der Waals surface area contributed by atoms with Crippen LogP contribution in [0, 0.1) is 0 Å². The maximum Gasteiger partial charge on any atom is 0.232 e. The van der Waals surface area contributed by atoms with E-state index in [1.165, 1.54) is 4.68 Å². The summed E-state index contributed by atoms with van der Waals surface area (Å²) in [6, 6.07) is 0.159. The Kier molecular flexibility index (Phi) is 4.50. The van der Waals surface area contributed by atoms with Gasteiger partial charge in [0.05, 0.1) is 24.2 Å². The van der Waals surface area contributed by atoms with Gasteiger partial charge < -0.3 is 9.42 Å². The highest BCUT2D eigenvalue weighted by atomic mass is 19.1. The van der Waals surface area contributed by atoms with Crippen molar-refractivity contribution in [2.24, 2.45) is 0 Å². The highest BCUT2D eigenvalue weighted by Gasteiger charge is 2.38. The molecule has 25 heavy (non-hydrogen) atoms. The minimum atomic E-state index is -0.466. The zero-order valence-corrected chi connectivity index (χ0v) is 14.1. The summed E-state index contributed by atoms with van der Waals surface area (Å²) in [6.45, 7) is 0.579. The average Bonchev–Trinajstić information content (AvgIpc) is 3.35. The van der Waals surface area contributed by atoms with Crippen molar-refractivity contribution >= 4 is 5.91 Å². The van der Waals surface area contributed by atoms with Crippen molar-refractivity contribution in [3.63, 3.8) is 0 Å². The van der Waals surface area contributed by atoms with E-state index in [2.05, 4.69) is 15.2 Å². The van der Waals surface area contributed by atoms with Crippen LogP contribution in [0.5, 0.6) is 0 Å². The monoisotopic (exact) mass is 347 g/mol. The molecule has 0 unspecified atom stereocenters. The van der Waals surface area contributed by atoms with Crippen molar-refractivity contribution in [1.82, 2.24) is 24.8 Å². The number of amides is 1. The molecule has 1 aliphatic carbocycles. The summed E-state index contributed by atoms with van der Waals surface area (Å²) < 4.78 is 19.5. The van der Waals surface area contributed by atoms with Gasteiger partial charge in [0, 0.05) is 25.2 Å². The molecule has 1 saturated carbocycles. The van der Waals surface area contributed by atoms with Crippen LogP contribution >= 0.6 is 0 Å². The second-order valence-electron chi connectivity index (χ2n) is 6.79. The number of carbonyl (C=O) groups excluding carboxylic acids is 1. The van der Waals surface area contributed by atoms with Gasteiger partial charge in [0.2, 0.25) is 17.6 Å². The van der Waals surface area contributed by atoms with Crippen LogP contribution in [0.3, 0.4) is 0 Å². The Morgan fingerprint density at radius 2 is 2.16 bits per heavy atom. The first-order chi connectivity index (χ1) is 12.3.